The highest BCUT2D eigenvalue weighted by Crippen LogP contribution is 2.27. The summed E-state index contributed by atoms with van der Waals surface area (Å²) in [6.45, 7) is 0.561. The number of hydrogen-bond donors (Lipinski definition) is 2. The van der Waals surface area contributed by atoms with Gasteiger partial charge < -0.3 is 19.9 Å². The van der Waals surface area contributed by atoms with Gasteiger partial charge in [0.1, 0.15) is 0 Å². The van der Waals surface area contributed by atoms with Gasteiger partial charge in [0.05, 0.1) is 20.6 Å². The molecule has 0 saturated carbocycles. The van der Waals surface area contributed by atoms with E-state index in [2.05, 4.69) is 5.32 Å². The summed E-state index contributed by atoms with van der Waals surface area (Å²) >= 11 is 0. The predicted octanol–water partition coefficient (Wildman–Crippen LogP) is 2.01. The number of methoxy groups -OCH3 is 2. The Balaban J connectivity index is 2.31. The summed E-state index contributed by atoms with van der Waals surface area (Å²) in [5, 5.41) is 11.3. The Hall–Kier alpha value is -2.24. The molecule has 0 atom stereocenters. The number of amides is 1. The van der Waals surface area contributed by atoms with Gasteiger partial charge in [-0.15, -0.1) is 0 Å². The van der Waals surface area contributed by atoms with E-state index in [4.69, 9.17) is 14.6 Å². The zero-order valence-electron chi connectivity index (χ0n) is 13.1. The molecule has 0 heterocycles. The molecule has 0 aliphatic rings. The largest absolute Gasteiger partial charge is 0.493 e. The standard InChI is InChI=1S/C16H23NO5/c1-21-13-8-7-12(10-14(13)22-2)11-15(18)17-9-5-3-4-6-16(19)20/h7-8,10H,3-6,9,11H2,1-2H3,(H,17,18)(H,19,20). The van der Waals surface area contributed by atoms with Gasteiger partial charge in [-0.1, -0.05) is 12.5 Å². The van der Waals surface area contributed by atoms with Gasteiger partial charge in [-0.2, -0.15) is 0 Å². The molecule has 0 unspecified atom stereocenters. The first-order chi connectivity index (χ1) is 10.6. The molecule has 6 heteroatoms. The Kier molecular flexibility index (Phi) is 7.81. The van der Waals surface area contributed by atoms with E-state index in [1.807, 2.05) is 6.07 Å². The Morgan fingerprint density at radius 2 is 1.82 bits per heavy atom. The summed E-state index contributed by atoms with van der Waals surface area (Å²) in [6, 6.07) is 5.38. The lowest BCUT2D eigenvalue weighted by atomic mass is 10.1. The molecule has 0 radical (unpaired) electrons. The minimum absolute atomic E-state index is 0.0644. The number of carboxylic acid groups (broad SMARTS) is 1. The third-order valence-electron chi connectivity index (χ3n) is 3.20. The van der Waals surface area contributed by atoms with Gasteiger partial charge in [0.15, 0.2) is 11.5 Å². The van der Waals surface area contributed by atoms with Gasteiger partial charge in [-0.05, 0) is 30.5 Å². The summed E-state index contributed by atoms with van der Waals surface area (Å²) in [5.41, 5.74) is 0.848. The average Bonchev–Trinajstić information content (AvgIpc) is 2.50. The van der Waals surface area contributed by atoms with E-state index in [9.17, 15) is 9.59 Å². The summed E-state index contributed by atoms with van der Waals surface area (Å²) < 4.78 is 10.3. The molecule has 0 spiro atoms. The van der Waals surface area contributed by atoms with E-state index in [1.54, 1.807) is 26.4 Å². The minimum Gasteiger partial charge on any atom is -0.493 e. The van der Waals surface area contributed by atoms with Crippen LogP contribution in [0, 0.1) is 0 Å². The second-order valence-electron chi connectivity index (χ2n) is 4.92. The maximum absolute atomic E-state index is 11.8. The number of hydrogen-bond acceptors (Lipinski definition) is 4. The van der Waals surface area contributed by atoms with Crippen LogP contribution in [0.25, 0.3) is 0 Å². The van der Waals surface area contributed by atoms with E-state index in [-0.39, 0.29) is 18.7 Å². The normalized spacial score (nSPS) is 10.1. The van der Waals surface area contributed by atoms with Crippen molar-refractivity contribution >= 4 is 11.9 Å². The number of carbonyl (C=O) groups is 2. The molecule has 1 amide bonds. The number of nitrogens with one attached hydrogen (secondary N) is 1. The fraction of sp³-hybridized carbons (Fsp3) is 0.500. The molecule has 1 aromatic rings. The fourth-order valence-corrected chi connectivity index (χ4v) is 2.04. The van der Waals surface area contributed by atoms with Gasteiger partial charge in [0.25, 0.3) is 0 Å². The number of rotatable bonds is 10. The number of benzene rings is 1. The van der Waals surface area contributed by atoms with Crippen LogP contribution in [0.2, 0.25) is 0 Å². The van der Waals surface area contributed by atoms with Crippen LogP contribution in [-0.4, -0.2) is 37.7 Å². The number of aliphatic carboxylic acids is 1. The van der Waals surface area contributed by atoms with E-state index in [0.29, 0.717) is 24.5 Å². The molecule has 22 heavy (non-hydrogen) atoms. The molecule has 0 saturated heterocycles. The second kappa shape index (κ2) is 9.65. The van der Waals surface area contributed by atoms with Crippen LogP contribution in [0.15, 0.2) is 18.2 Å². The van der Waals surface area contributed by atoms with Gasteiger partial charge >= 0.3 is 5.97 Å². The monoisotopic (exact) mass is 309 g/mol. The zero-order valence-corrected chi connectivity index (χ0v) is 13.1. The second-order valence-corrected chi connectivity index (χ2v) is 4.92. The molecule has 0 aromatic heterocycles. The van der Waals surface area contributed by atoms with E-state index in [0.717, 1.165) is 18.4 Å². The van der Waals surface area contributed by atoms with Crippen molar-refractivity contribution in [2.45, 2.75) is 32.1 Å². The molecular weight excluding hydrogens is 286 g/mol. The van der Waals surface area contributed by atoms with Crippen molar-refractivity contribution in [1.82, 2.24) is 5.32 Å². The molecule has 0 aliphatic heterocycles. The lowest BCUT2D eigenvalue weighted by Crippen LogP contribution is -2.26. The molecular formula is C16H23NO5. The van der Waals surface area contributed by atoms with Gasteiger partial charge in [0, 0.05) is 13.0 Å². The minimum atomic E-state index is -0.780. The van der Waals surface area contributed by atoms with Crippen molar-refractivity contribution < 1.29 is 24.2 Å². The summed E-state index contributed by atoms with van der Waals surface area (Å²) in [4.78, 5) is 22.2. The number of ether oxygens (including phenoxy) is 2. The first-order valence-corrected chi connectivity index (χ1v) is 7.26. The molecule has 1 aromatic carbocycles. The summed E-state index contributed by atoms with van der Waals surface area (Å²) in [5.74, 6) is 0.384. The number of unbranched alkanes of at least 4 members (excludes halogenated alkanes) is 2. The van der Waals surface area contributed by atoms with Gasteiger partial charge in [-0.25, -0.2) is 0 Å². The lowest BCUT2D eigenvalue weighted by molar-refractivity contribution is -0.137. The van der Waals surface area contributed by atoms with Crippen molar-refractivity contribution in [1.29, 1.82) is 0 Å². The molecule has 6 nitrogen and oxygen atoms in total. The van der Waals surface area contributed by atoms with E-state index in [1.165, 1.54) is 0 Å². The van der Waals surface area contributed by atoms with Crippen molar-refractivity contribution in [2.75, 3.05) is 20.8 Å². The highest BCUT2D eigenvalue weighted by Gasteiger charge is 2.08. The maximum Gasteiger partial charge on any atom is 0.303 e. The fourth-order valence-electron chi connectivity index (χ4n) is 2.04. The van der Waals surface area contributed by atoms with Crippen LogP contribution in [-0.2, 0) is 16.0 Å². The molecule has 1 rings (SSSR count). The average molecular weight is 309 g/mol. The van der Waals surface area contributed by atoms with E-state index >= 15 is 0 Å². The molecule has 0 aliphatic carbocycles. The van der Waals surface area contributed by atoms with Gasteiger partial charge in [-0.3, -0.25) is 9.59 Å². The van der Waals surface area contributed by atoms with Crippen molar-refractivity contribution in [3.63, 3.8) is 0 Å². The van der Waals surface area contributed by atoms with Crippen LogP contribution in [0.5, 0.6) is 11.5 Å². The number of carboxylic acids is 1. The first-order valence-electron chi connectivity index (χ1n) is 7.26. The van der Waals surface area contributed by atoms with Crippen LogP contribution < -0.4 is 14.8 Å². The predicted molar refractivity (Wildman–Crippen MR) is 82.4 cm³/mol. The molecule has 122 valence electrons. The van der Waals surface area contributed by atoms with Crippen molar-refractivity contribution in [3.05, 3.63) is 23.8 Å². The van der Waals surface area contributed by atoms with Gasteiger partial charge in [0.2, 0.25) is 5.91 Å². The van der Waals surface area contributed by atoms with Crippen molar-refractivity contribution in [3.8, 4) is 11.5 Å². The highest BCUT2D eigenvalue weighted by molar-refractivity contribution is 5.78. The zero-order chi connectivity index (χ0) is 16.4. The maximum atomic E-state index is 11.8. The Labute approximate surface area is 130 Å². The van der Waals surface area contributed by atoms with Crippen LogP contribution in [0.3, 0.4) is 0 Å². The van der Waals surface area contributed by atoms with Crippen LogP contribution >= 0.6 is 0 Å². The third-order valence-corrected chi connectivity index (χ3v) is 3.20. The third kappa shape index (κ3) is 6.47. The topological polar surface area (TPSA) is 84.9 Å². The van der Waals surface area contributed by atoms with Crippen molar-refractivity contribution in [2.24, 2.45) is 0 Å². The summed E-state index contributed by atoms with van der Waals surface area (Å²) in [7, 11) is 3.12. The lowest BCUT2D eigenvalue weighted by Gasteiger charge is -2.10. The van der Waals surface area contributed by atoms with Crippen LogP contribution in [0.4, 0.5) is 0 Å². The molecule has 0 bridgehead atoms. The summed E-state index contributed by atoms with van der Waals surface area (Å²) in [6.07, 6.45) is 2.67. The highest BCUT2D eigenvalue weighted by atomic mass is 16.5. The number of carbonyl (C=O) groups excluding carboxylic acids is 1. The smallest absolute Gasteiger partial charge is 0.303 e. The Morgan fingerprint density at radius 3 is 2.45 bits per heavy atom. The SMILES string of the molecule is COc1ccc(CC(=O)NCCCCCC(=O)O)cc1OC. The first kappa shape index (κ1) is 17.8. The Bertz CT molecular complexity index is 501. The van der Waals surface area contributed by atoms with Crippen LogP contribution in [0.1, 0.15) is 31.2 Å². The van der Waals surface area contributed by atoms with E-state index < -0.39 is 5.97 Å². The quantitative estimate of drug-likeness (QED) is 0.646. The molecule has 0 fully saturated rings. The molecule has 2 N–H and O–H groups in total. The Morgan fingerprint density at radius 1 is 1.09 bits per heavy atom.